The molecule has 0 unspecified atom stereocenters. The summed E-state index contributed by atoms with van der Waals surface area (Å²) in [5.41, 5.74) is 1.35. The number of rotatable bonds is 5. The normalized spacial score (nSPS) is 10.5. The zero-order valence-electron chi connectivity index (χ0n) is 11.8. The van der Waals surface area contributed by atoms with Crippen LogP contribution in [0.4, 0.5) is 0 Å². The van der Waals surface area contributed by atoms with Crippen molar-refractivity contribution < 1.29 is 19.2 Å². The number of carbonyl (C=O) groups is 1. The molecule has 1 heterocycles. The van der Waals surface area contributed by atoms with Gasteiger partial charge in [0, 0.05) is 10.0 Å². The number of ether oxygens (including phenoxy) is 1. The van der Waals surface area contributed by atoms with E-state index in [4.69, 9.17) is 14.4 Å². The number of para-hydroxylation sites is 1. The molecule has 0 bridgehead atoms. The number of carboxylic acids is 1. The van der Waals surface area contributed by atoms with E-state index >= 15 is 0 Å². The molecule has 3 rings (SSSR count). The maximum Gasteiger partial charge on any atom is 0.341 e. The number of hydrogen-bond acceptors (Lipinski definition) is 5. The largest absolute Gasteiger partial charge is 0.481 e. The van der Waals surface area contributed by atoms with Gasteiger partial charge in [0.25, 0.3) is 5.89 Å². The molecule has 7 heteroatoms. The second-order valence-corrected chi connectivity index (χ2v) is 5.53. The second-order valence-electron chi connectivity index (χ2n) is 4.61. The van der Waals surface area contributed by atoms with Gasteiger partial charge >= 0.3 is 5.97 Å². The fraction of sp³-hybridized carbons (Fsp3) is 0.0625. The van der Waals surface area contributed by atoms with E-state index in [9.17, 15) is 4.79 Å². The lowest BCUT2D eigenvalue weighted by Gasteiger charge is -2.06. The van der Waals surface area contributed by atoms with Crippen molar-refractivity contribution >= 4 is 21.9 Å². The van der Waals surface area contributed by atoms with Crippen LogP contribution in [0.2, 0.25) is 0 Å². The smallest absolute Gasteiger partial charge is 0.341 e. The summed E-state index contributed by atoms with van der Waals surface area (Å²) in [7, 11) is 0. The Balaban J connectivity index is 1.93. The molecule has 1 N–H and O–H groups in total. The molecule has 0 fully saturated rings. The molecular formula is C16H11BrN2O4. The lowest BCUT2D eigenvalue weighted by molar-refractivity contribution is -0.139. The summed E-state index contributed by atoms with van der Waals surface area (Å²) in [6.07, 6.45) is 0. The van der Waals surface area contributed by atoms with Gasteiger partial charge in [-0.15, -0.1) is 0 Å². The lowest BCUT2D eigenvalue weighted by Crippen LogP contribution is -2.09. The molecule has 2 aromatic carbocycles. The molecule has 0 radical (unpaired) electrons. The van der Waals surface area contributed by atoms with Crippen molar-refractivity contribution in [2.75, 3.05) is 6.61 Å². The minimum absolute atomic E-state index is 0.265. The third-order valence-corrected chi connectivity index (χ3v) is 3.47. The van der Waals surface area contributed by atoms with Crippen molar-refractivity contribution in [1.29, 1.82) is 0 Å². The predicted octanol–water partition coefficient (Wildman–Crippen LogP) is 3.63. The third kappa shape index (κ3) is 3.57. The Morgan fingerprint density at radius 2 is 2.04 bits per heavy atom. The molecule has 23 heavy (non-hydrogen) atoms. The van der Waals surface area contributed by atoms with Crippen LogP contribution in [0, 0.1) is 0 Å². The fourth-order valence-electron chi connectivity index (χ4n) is 1.99. The van der Waals surface area contributed by atoms with Gasteiger partial charge in [0.2, 0.25) is 5.82 Å². The zero-order chi connectivity index (χ0) is 16.2. The number of carboxylic acid groups (broad SMARTS) is 1. The number of nitrogens with zero attached hydrogens (tertiary/aromatic N) is 2. The Morgan fingerprint density at radius 3 is 2.83 bits per heavy atom. The van der Waals surface area contributed by atoms with E-state index in [2.05, 4.69) is 26.1 Å². The molecule has 6 nitrogen and oxygen atoms in total. The molecule has 3 aromatic rings. The first-order valence-corrected chi connectivity index (χ1v) is 7.46. The highest BCUT2D eigenvalue weighted by Crippen LogP contribution is 2.30. The Hall–Kier alpha value is -2.67. The second kappa shape index (κ2) is 6.62. The van der Waals surface area contributed by atoms with Crippen LogP contribution in [0.25, 0.3) is 22.8 Å². The zero-order valence-corrected chi connectivity index (χ0v) is 13.4. The Morgan fingerprint density at radius 1 is 1.22 bits per heavy atom. The highest BCUT2D eigenvalue weighted by molar-refractivity contribution is 9.10. The molecule has 0 spiro atoms. The summed E-state index contributed by atoms with van der Waals surface area (Å²) in [6, 6.07) is 14.4. The standard InChI is InChI=1S/C16H11BrN2O4/c17-11-5-3-4-10(8-11)15-18-16(23-19-15)12-6-1-2-7-13(12)22-9-14(20)21/h1-8H,9H2,(H,20,21). The first kappa shape index (κ1) is 15.2. The molecule has 0 aliphatic rings. The van der Waals surface area contributed by atoms with Gasteiger partial charge < -0.3 is 14.4 Å². The summed E-state index contributed by atoms with van der Waals surface area (Å²) in [5.74, 6) is 0.0230. The third-order valence-electron chi connectivity index (χ3n) is 2.98. The van der Waals surface area contributed by atoms with Crippen molar-refractivity contribution in [3.63, 3.8) is 0 Å². The first-order valence-electron chi connectivity index (χ1n) is 6.67. The Kier molecular flexibility index (Phi) is 4.38. The van der Waals surface area contributed by atoms with Crippen LogP contribution in [0.1, 0.15) is 0 Å². The molecule has 0 amide bonds. The number of halogens is 1. The average molecular weight is 375 g/mol. The van der Waals surface area contributed by atoms with E-state index in [1.165, 1.54) is 0 Å². The van der Waals surface area contributed by atoms with Gasteiger partial charge in [-0.25, -0.2) is 4.79 Å². The van der Waals surface area contributed by atoms with Crippen LogP contribution < -0.4 is 4.74 Å². The van der Waals surface area contributed by atoms with E-state index in [-0.39, 0.29) is 5.89 Å². The SMILES string of the molecule is O=C(O)COc1ccccc1-c1nc(-c2cccc(Br)c2)no1. The van der Waals surface area contributed by atoms with Gasteiger partial charge in [-0.05, 0) is 24.3 Å². The average Bonchev–Trinajstić information content (AvgIpc) is 3.03. The van der Waals surface area contributed by atoms with Crippen molar-refractivity contribution in [2.24, 2.45) is 0 Å². The van der Waals surface area contributed by atoms with Crippen molar-refractivity contribution in [1.82, 2.24) is 10.1 Å². The number of aliphatic carboxylic acids is 1. The van der Waals surface area contributed by atoms with Crippen LogP contribution >= 0.6 is 15.9 Å². The van der Waals surface area contributed by atoms with Crippen LogP contribution in [0.15, 0.2) is 57.5 Å². The molecule has 1 aromatic heterocycles. The monoisotopic (exact) mass is 374 g/mol. The van der Waals surface area contributed by atoms with Crippen LogP contribution in [-0.2, 0) is 4.79 Å². The van der Waals surface area contributed by atoms with Crippen LogP contribution in [0.3, 0.4) is 0 Å². The van der Waals surface area contributed by atoms with E-state index in [1.54, 1.807) is 24.3 Å². The summed E-state index contributed by atoms with van der Waals surface area (Å²) in [5, 5.41) is 12.7. The number of benzene rings is 2. The summed E-state index contributed by atoms with van der Waals surface area (Å²) >= 11 is 3.40. The van der Waals surface area contributed by atoms with Gasteiger partial charge in [-0.1, -0.05) is 45.4 Å². The molecular weight excluding hydrogens is 364 g/mol. The van der Waals surface area contributed by atoms with Crippen molar-refractivity contribution in [3.8, 4) is 28.6 Å². The lowest BCUT2D eigenvalue weighted by atomic mass is 10.2. The van der Waals surface area contributed by atoms with Gasteiger partial charge in [0.05, 0.1) is 5.56 Å². The predicted molar refractivity (Wildman–Crippen MR) is 86.0 cm³/mol. The maximum atomic E-state index is 10.7. The number of aromatic nitrogens is 2. The molecule has 116 valence electrons. The van der Waals surface area contributed by atoms with Gasteiger partial charge in [-0.3, -0.25) is 0 Å². The maximum absolute atomic E-state index is 10.7. The van der Waals surface area contributed by atoms with E-state index in [1.807, 2.05) is 24.3 Å². The molecule has 0 saturated heterocycles. The summed E-state index contributed by atoms with van der Waals surface area (Å²) in [4.78, 5) is 15.0. The van der Waals surface area contributed by atoms with E-state index < -0.39 is 12.6 Å². The quantitative estimate of drug-likeness (QED) is 0.733. The van der Waals surface area contributed by atoms with E-state index in [0.29, 0.717) is 17.1 Å². The number of hydrogen-bond donors (Lipinski definition) is 1. The minimum atomic E-state index is -1.06. The Bertz CT molecular complexity index is 847. The van der Waals surface area contributed by atoms with Gasteiger partial charge in [-0.2, -0.15) is 4.98 Å². The van der Waals surface area contributed by atoms with Crippen molar-refractivity contribution in [3.05, 3.63) is 53.0 Å². The molecule has 0 atom stereocenters. The summed E-state index contributed by atoms with van der Waals surface area (Å²) in [6.45, 7) is -0.441. The molecule has 0 saturated carbocycles. The fourth-order valence-corrected chi connectivity index (χ4v) is 2.39. The van der Waals surface area contributed by atoms with E-state index in [0.717, 1.165) is 10.0 Å². The highest BCUT2D eigenvalue weighted by atomic mass is 79.9. The van der Waals surface area contributed by atoms with Crippen LogP contribution in [-0.4, -0.2) is 27.8 Å². The first-order chi connectivity index (χ1) is 11.1. The van der Waals surface area contributed by atoms with Gasteiger partial charge in [0.1, 0.15) is 5.75 Å². The summed E-state index contributed by atoms with van der Waals surface area (Å²) < 4.78 is 11.4. The Labute approximate surface area is 139 Å². The topological polar surface area (TPSA) is 85.5 Å². The van der Waals surface area contributed by atoms with Crippen molar-refractivity contribution in [2.45, 2.75) is 0 Å². The van der Waals surface area contributed by atoms with Gasteiger partial charge in [0.15, 0.2) is 6.61 Å². The molecule has 0 aliphatic carbocycles. The molecule has 0 aliphatic heterocycles. The van der Waals surface area contributed by atoms with Crippen LogP contribution in [0.5, 0.6) is 5.75 Å². The minimum Gasteiger partial charge on any atom is -0.481 e. The highest BCUT2D eigenvalue weighted by Gasteiger charge is 2.15.